The van der Waals surface area contributed by atoms with E-state index in [4.69, 9.17) is 9.72 Å². The molecule has 1 unspecified atom stereocenters. The fraction of sp³-hybridized carbons (Fsp3) is 0.447. The number of rotatable bonds is 14. The van der Waals surface area contributed by atoms with Crippen LogP contribution in [0.1, 0.15) is 78.5 Å². The Morgan fingerprint density at radius 3 is 2.40 bits per heavy atom. The highest BCUT2D eigenvalue weighted by atomic mass is 35.5. The number of hydrogen-bond donors (Lipinski definition) is 3. The predicted molar refractivity (Wildman–Crippen MR) is 202 cm³/mol. The summed E-state index contributed by atoms with van der Waals surface area (Å²) in [5.41, 5.74) is 4.48. The van der Waals surface area contributed by atoms with Crippen LogP contribution >= 0.6 is 12.4 Å². The molecule has 3 fully saturated rings. The molecular weight excluding hydrogens is 702 g/mol. The van der Waals surface area contributed by atoms with Crippen LogP contribution in [0.3, 0.4) is 0 Å². The van der Waals surface area contributed by atoms with Gasteiger partial charge in [0.1, 0.15) is 12.4 Å². The molecule has 0 amide bonds. The molecule has 1 atom stereocenters. The first kappa shape index (κ1) is 37.4. The number of carboxylic acid groups (broad SMARTS) is 1. The molecule has 3 aliphatic rings. The maximum absolute atomic E-state index is 13.5. The van der Waals surface area contributed by atoms with Crippen LogP contribution in [0, 0.1) is 25.2 Å². The van der Waals surface area contributed by atoms with Gasteiger partial charge in [-0.25, -0.2) is 27.9 Å². The van der Waals surface area contributed by atoms with Gasteiger partial charge in [-0.1, -0.05) is 30.7 Å². The van der Waals surface area contributed by atoms with Crippen molar-refractivity contribution >= 4 is 40.2 Å². The summed E-state index contributed by atoms with van der Waals surface area (Å²) in [7, 11) is -2.14. The summed E-state index contributed by atoms with van der Waals surface area (Å²) < 4.78 is 35.8. The third-order valence-corrected chi connectivity index (χ3v) is 12.4. The summed E-state index contributed by atoms with van der Waals surface area (Å²) in [6.07, 6.45) is 13.4. The van der Waals surface area contributed by atoms with Crippen molar-refractivity contribution in [3.8, 4) is 17.1 Å². The Morgan fingerprint density at radius 2 is 1.75 bits per heavy atom. The summed E-state index contributed by atoms with van der Waals surface area (Å²) in [5.74, 6) is 0.129. The van der Waals surface area contributed by atoms with Gasteiger partial charge in [-0.05, 0) is 99.5 Å². The van der Waals surface area contributed by atoms with Gasteiger partial charge >= 0.3 is 5.97 Å². The summed E-state index contributed by atoms with van der Waals surface area (Å²) in [6.45, 7) is 4.79. The van der Waals surface area contributed by atoms with Crippen molar-refractivity contribution in [1.29, 1.82) is 0 Å². The van der Waals surface area contributed by atoms with E-state index in [1.54, 1.807) is 6.07 Å². The molecule has 12 nitrogen and oxygen atoms in total. The molecule has 0 saturated heterocycles. The molecule has 2 heterocycles. The highest BCUT2D eigenvalue weighted by molar-refractivity contribution is 7.92. The molecule has 3 N–H and O–H groups in total. The quantitative estimate of drug-likeness (QED) is 0.128. The second-order valence-electron chi connectivity index (χ2n) is 14.5. The normalized spacial score (nSPS) is 17.2. The molecule has 7 rings (SSSR count). The van der Waals surface area contributed by atoms with E-state index < -0.39 is 16.0 Å². The number of anilines is 2. The first-order chi connectivity index (χ1) is 24.5. The number of aryl methyl sites for hydroxylation is 2. The number of carboxylic acids is 1. The van der Waals surface area contributed by atoms with Crippen LogP contribution in [0.25, 0.3) is 11.3 Å². The zero-order chi connectivity index (χ0) is 35.8. The molecule has 14 heteroatoms. The van der Waals surface area contributed by atoms with E-state index in [0.29, 0.717) is 36.2 Å². The molecule has 3 aliphatic carbocycles. The zero-order valence-electron chi connectivity index (χ0n) is 29.7. The van der Waals surface area contributed by atoms with E-state index in [0.717, 1.165) is 47.1 Å². The first-order valence-corrected chi connectivity index (χ1v) is 19.2. The van der Waals surface area contributed by atoms with E-state index in [-0.39, 0.29) is 40.7 Å². The van der Waals surface area contributed by atoms with E-state index in [2.05, 4.69) is 36.9 Å². The molecule has 3 saturated carbocycles. The maximum Gasteiger partial charge on any atom is 0.335 e. The molecule has 1 spiro atoms. The number of aromatic nitrogens is 4. The van der Waals surface area contributed by atoms with Crippen LogP contribution in [-0.4, -0.2) is 65.2 Å². The summed E-state index contributed by atoms with van der Waals surface area (Å²) in [5, 5.41) is 13.1. The molecule has 276 valence electrons. The minimum atomic E-state index is -4.23. The molecule has 0 aliphatic heterocycles. The SMILES string of the molecule is Cc1cccc(C)c1-c1cc(OCC(NCc2cncc(N(C)C3CCC3)n2)C2CC3(CCC3)C2)nc(NS(=O)(=O)c2cccc(C(=O)O)c2)n1.Cl. The van der Waals surface area contributed by atoms with Crippen molar-refractivity contribution in [3.63, 3.8) is 0 Å². The lowest BCUT2D eigenvalue weighted by Crippen LogP contribution is -2.53. The molecule has 0 bridgehead atoms. The summed E-state index contributed by atoms with van der Waals surface area (Å²) in [4.78, 5) is 32.1. The zero-order valence-corrected chi connectivity index (χ0v) is 31.3. The maximum atomic E-state index is 13.5. The van der Waals surface area contributed by atoms with Gasteiger partial charge in [0.2, 0.25) is 11.8 Å². The Hall–Kier alpha value is -4.33. The number of benzene rings is 2. The average Bonchev–Trinajstić information content (AvgIpc) is 3.03. The summed E-state index contributed by atoms with van der Waals surface area (Å²) >= 11 is 0. The van der Waals surface area contributed by atoms with E-state index in [1.165, 1.54) is 56.7 Å². The first-order valence-electron chi connectivity index (χ1n) is 17.7. The minimum Gasteiger partial charge on any atom is -0.478 e. The van der Waals surface area contributed by atoms with E-state index in [1.807, 2.05) is 44.4 Å². The Morgan fingerprint density at radius 1 is 1.02 bits per heavy atom. The van der Waals surface area contributed by atoms with Crippen LogP contribution in [0.15, 0.2) is 65.8 Å². The van der Waals surface area contributed by atoms with Crippen molar-refractivity contribution in [3.05, 3.63) is 83.3 Å². The van der Waals surface area contributed by atoms with Gasteiger partial charge in [-0.2, -0.15) is 4.98 Å². The Bertz CT molecular complexity index is 2010. The molecule has 2 aromatic heterocycles. The van der Waals surface area contributed by atoms with E-state index in [9.17, 15) is 18.3 Å². The lowest BCUT2D eigenvalue weighted by atomic mass is 9.50. The standard InChI is InChI=1S/C38H45N7O5S.ClH/c1-24-8-4-9-25(2)35(24)31-17-34(43-37(42-31)44-51(48,49)30-13-5-10-26(16-30)36(46)47)50-23-32(27-18-38(19-27)14-7-15-38)40-21-28-20-39-22-33(41-28)45(3)29-11-6-12-29;/h4-5,8-10,13,16-17,20,22,27,29,32,40H,6-7,11-12,14-15,18-19,21,23H2,1-3H3,(H,46,47)(H,42,43,44);1H. The monoisotopic (exact) mass is 747 g/mol. The Balaban J connectivity index is 0.00000464. The number of sulfonamides is 1. The number of nitrogens with one attached hydrogen (secondary N) is 2. The number of halogens is 1. The van der Waals surface area contributed by atoms with Crippen molar-refractivity contribution in [1.82, 2.24) is 25.3 Å². The van der Waals surface area contributed by atoms with Crippen LogP contribution in [0.2, 0.25) is 0 Å². The molecule has 2 aromatic carbocycles. The highest BCUT2D eigenvalue weighted by Crippen LogP contribution is 2.59. The third-order valence-electron chi connectivity index (χ3n) is 11.0. The van der Waals surface area contributed by atoms with Crippen molar-refractivity contribution < 1.29 is 23.1 Å². The highest BCUT2D eigenvalue weighted by Gasteiger charge is 2.50. The lowest BCUT2D eigenvalue weighted by molar-refractivity contribution is -0.0467. The topological polar surface area (TPSA) is 160 Å². The van der Waals surface area contributed by atoms with Gasteiger partial charge in [-0.15, -0.1) is 12.4 Å². The summed E-state index contributed by atoms with van der Waals surface area (Å²) in [6, 6.07) is 13.3. The van der Waals surface area contributed by atoms with Crippen LogP contribution in [0.4, 0.5) is 11.8 Å². The van der Waals surface area contributed by atoms with Gasteiger partial charge in [0.25, 0.3) is 10.0 Å². The largest absolute Gasteiger partial charge is 0.478 e. The Kier molecular flexibility index (Phi) is 11.0. The van der Waals surface area contributed by atoms with Gasteiger partial charge in [0, 0.05) is 43.5 Å². The molecule has 0 radical (unpaired) electrons. The van der Waals surface area contributed by atoms with Gasteiger partial charge in [0.15, 0.2) is 0 Å². The van der Waals surface area contributed by atoms with Gasteiger partial charge < -0.3 is 20.1 Å². The molecular formula is C38H46ClN7O5S. The van der Waals surface area contributed by atoms with Gasteiger partial charge in [-0.3, -0.25) is 4.98 Å². The van der Waals surface area contributed by atoms with Crippen LogP contribution in [-0.2, 0) is 16.6 Å². The van der Waals surface area contributed by atoms with Crippen LogP contribution in [0.5, 0.6) is 5.88 Å². The van der Waals surface area contributed by atoms with Gasteiger partial charge in [0.05, 0.1) is 28.0 Å². The second-order valence-corrected chi connectivity index (χ2v) is 16.2. The number of carbonyl (C=O) groups is 1. The third kappa shape index (κ3) is 8.01. The number of nitrogens with zero attached hydrogens (tertiary/aromatic N) is 5. The number of hydrogen-bond acceptors (Lipinski definition) is 10. The predicted octanol–water partition coefficient (Wildman–Crippen LogP) is 6.58. The number of ether oxygens (including phenoxy) is 1. The fourth-order valence-corrected chi connectivity index (χ4v) is 8.66. The lowest BCUT2D eigenvalue weighted by Gasteiger charge is -2.56. The number of aromatic carboxylic acids is 1. The smallest absolute Gasteiger partial charge is 0.335 e. The van der Waals surface area contributed by atoms with Crippen molar-refractivity contribution in [2.45, 2.75) is 88.7 Å². The molecule has 52 heavy (non-hydrogen) atoms. The minimum absolute atomic E-state index is 0. The van der Waals surface area contributed by atoms with Crippen molar-refractivity contribution in [2.75, 3.05) is 23.3 Å². The fourth-order valence-electron chi connectivity index (χ4n) is 7.67. The molecule has 4 aromatic rings. The average molecular weight is 748 g/mol. The van der Waals surface area contributed by atoms with Crippen LogP contribution < -0.4 is 19.7 Å². The Labute approximate surface area is 311 Å². The van der Waals surface area contributed by atoms with Crippen molar-refractivity contribution in [2.24, 2.45) is 11.3 Å². The second kappa shape index (κ2) is 15.3. The van der Waals surface area contributed by atoms with E-state index >= 15 is 0 Å².